The Morgan fingerprint density at radius 1 is 0.441 bits per heavy atom. The minimum absolute atomic E-state index is 0.0126. The third-order valence-electron chi connectivity index (χ3n) is 12.8. The second kappa shape index (κ2) is 12.9. The molecule has 0 N–H and O–H groups in total. The highest BCUT2D eigenvalue weighted by Crippen LogP contribution is 2.58. The van der Waals surface area contributed by atoms with Gasteiger partial charge in [-0.2, -0.15) is 0 Å². The fourth-order valence-electron chi connectivity index (χ4n) is 9.74. The fraction of sp³-hybridized carbons (Fsp3) is 0.109. The van der Waals surface area contributed by atoms with Crippen LogP contribution in [0.4, 0.5) is 34.1 Å². The second-order valence-corrected chi connectivity index (χ2v) is 16.9. The van der Waals surface area contributed by atoms with Gasteiger partial charge in [-0.15, -0.1) is 0 Å². The number of hydrogen-bond donors (Lipinski definition) is 0. The summed E-state index contributed by atoms with van der Waals surface area (Å²) in [6.07, 6.45) is 0. The van der Waals surface area contributed by atoms with E-state index < -0.39 is 0 Å². The van der Waals surface area contributed by atoms with E-state index in [1.54, 1.807) is 0 Å². The van der Waals surface area contributed by atoms with E-state index >= 15 is 0 Å². The van der Waals surface area contributed by atoms with Gasteiger partial charge in [-0.05, 0) is 136 Å². The quantitative estimate of drug-likeness (QED) is 0.164. The van der Waals surface area contributed by atoms with Crippen molar-refractivity contribution in [2.24, 2.45) is 0 Å². The molecule has 0 unspecified atom stereocenters. The molecule has 0 atom stereocenters. The van der Waals surface area contributed by atoms with Crippen molar-refractivity contribution in [3.05, 3.63) is 214 Å². The van der Waals surface area contributed by atoms with E-state index in [2.05, 4.69) is 177 Å². The Bertz CT molecular complexity index is 3160. The minimum Gasteiger partial charge on any atom is -0.456 e. The first-order valence-corrected chi connectivity index (χ1v) is 20.4. The van der Waals surface area contributed by atoms with Gasteiger partial charge >= 0.3 is 0 Å². The van der Waals surface area contributed by atoms with Gasteiger partial charge in [-0.3, -0.25) is 4.79 Å². The fourth-order valence-corrected chi connectivity index (χ4v) is 9.74. The van der Waals surface area contributed by atoms with E-state index in [-0.39, 0.29) is 16.3 Å². The highest BCUT2D eigenvalue weighted by Gasteiger charge is 2.42. The van der Waals surface area contributed by atoms with Crippen molar-refractivity contribution in [3.8, 4) is 22.3 Å². The van der Waals surface area contributed by atoms with Crippen molar-refractivity contribution in [1.82, 2.24) is 0 Å². The molecule has 0 saturated carbocycles. The molecule has 1 aromatic heterocycles. The first-order chi connectivity index (χ1) is 28.7. The van der Waals surface area contributed by atoms with E-state index in [0.717, 1.165) is 39.6 Å². The second-order valence-electron chi connectivity index (χ2n) is 16.9. The Morgan fingerprint density at radius 2 is 1.08 bits per heavy atom. The highest BCUT2D eigenvalue weighted by atomic mass is 16.3. The minimum atomic E-state index is -0.344. The first-order valence-electron chi connectivity index (χ1n) is 20.4. The molecule has 59 heavy (non-hydrogen) atoms. The van der Waals surface area contributed by atoms with Gasteiger partial charge in [0, 0.05) is 33.6 Å². The summed E-state index contributed by atoms with van der Waals surface area (Å²) in [5, 5.41) is 1.18. The van der Waals surface area contributed by atoms with Crippen molar-refractivity contribution in [1.29, 1.82) is 0 Å². The van der Waals surface area contributed by atoms with Gasteiger partial charge in [0.1, 0.15) is 11.2 Å². The van der Waals surface area contributed by atoms with Crippen LogP contribution in [0.15, 0.2) is 191 Å². The number of nitrogens with zero attached hydrogens (tertiary/aromatic N) is 2. The molecular formula is C55H42N2O2. The molecule has 8 aromatic carbocycles. The van der Waals surface area contributed by atoms with Gasteiger partial charge in [0.2, 0.25) is 5.43 Å². The van der Waals surface area contributed by atoms with Crippen LogP contribution in [0, 0.1) is 0 Å². The number of rotatable bonds is 5. The highest BCUT2D eigenvalue weighted by molar-refractivity contribution is 5.95. The van der Waals surface area contributed by atoms with Crippen molar-refractivity contribution in [2.45, 2.75) is 38.5 Å². The first kappa shape index (κ1) is 35.0. The number of benzene rings is 8. The van der Waals surface area contributed by atoms with E-state index in [0.29, 0.717) is 21.9 Å². The Balaban J connectivity index is 1.13. The van der Waals surface area contributed by atoms with Crippen LogP contribution in [0.25, 0.3) is 44.2 Å². The maximum absolute atomic E-state index is 13.4. The summed E-state index contributed by atoms with van der Waals surface area (Å²) in [6.45, 7) is 9.46. The van der Waals surface area contributed by atoms with Crippen LogP contribution in [0.2, 0.25) is 0 Å². The Hall–Kier alpha value is -7.17. The maximum Gasteiger partial charge on any atom is 0.200 e. The van der Waals surface area contributed by atoms with E-state index in [1.165, 1.54) is 39.1 Å². The van der Waals surface area contributed by atoms with Crippen LogP contribution in [-0.2, 0) is 10.8 Å². The zero-order chi connectivity index (χ0) is 40.0. The number of hydrogen-bond acceptors (Lipinski definition) is 4. The van der Waals surface area contributed by atoms with E-state index in [4.69, 9.17) is 4.42 Å². The third kappa shape index (κ3) is 5.33. The standard InChI is InChI=1S/C55H42N2O2/c1-54(2)45-24-13-11-22-41(45)44-33-48-50(34-46(44)54)57(39-21-15-16-35(30-39)36-26-28-43-52(31-36)59-51-25-14-12-23-42(51)53(43)58)49-29-27-40(32-47(49)55(48,3)4)56(37-17-7-5-8-18-37)38-19-9-6-10-20-38/h5-34H,1-4H3. The number of fused-ring (bicyclic) bond motifs is 7. The summed E-state index contributed by atoms with van der Waals surface area (Å²) in [5.41, 5.74) is 17.2. The van der Waals surface area contributed by atoms with Crippen molar-refractivity contribution in [3.63, 3.8) is 0 Å². The number of anilines is 6. The number of para-hydroxylation sites is 3. The summed E-state index contributed by atoms with van der Waals surface area (Å²) in [7, 11) is 0. The van der Waals surface area contributed by atoms with Crippen LogP contribution in [0.5, 0.6) is 0 Å². The summed E-state index contributed by atoms with van der Waals surface area (Å²) in [5.74, 6) is 0. The lowest BCUT2D eigenvalue weighted by Gasteiger charge is -2.43. The van der Waals surface area contributed by atoms with Crippen LogP contribution in [0.1, 0.15) is 49.9 Å². The monoisotopic (exact) mass is 762 g/mol. The SMILES string of the molecule is CC1(C)c2ccccc2-c2cc3c(cc21)N(c1cccc(-c2ccc4c(=O)c5ccccc5oc4c2)c1)c1ccc(N(c2ccccc2)c2ccccc2)cc1C3(C)C. The molecule has 4 nitrogen and oxygen atoms in total. The molecule has 0 radical (unpaired) electrons. The van der Waals surface area contributed by atoms with E-state index in [1.807, 2.05) is 42.5 Å². The molecule has 1 aliphatic carbocycles. The van der Waals surface area contributed by atoms with Gasteiger partial charge < -0.3 is 14.2 Å². The molecule has 2 aliphatic rings. The van der Waals surface area contributed by atoms with Gasteiger partial charge in [0.25, 0.3) is 0 Å². The van der Waals surface area contributed by atoms with Crippen molar-refractivity contribution in [2.75, 3.05) is 9.80 Å². The van der Waals surface area contributed by atoms with E-state index in [9.17, 15) is 4.79 Å². The van der Waals surface area contributed by atoms with Gasteiger partial charge in [-0.1, -0.05) is 119 Å². The largest absolute Gasteiger partial charge is 0.456 e. The van der Waals surface area contributed by atoms with Crippen LogP contribution in [0.3, 0.4) is 0 Å². The third-order valence-corrected chi connectivity index (χ3v) is 12.8. The molecule has 0 fully saturated rings. The molecule has 0 spiro atoms. The van der Waals surface area contributed by atoms with Crippen molar-refractivity contribution < 1.29 is 4.42 Å². The van der Waals surface area contributed by atoms with Crippen LogP contribution in [-0.4, -0.2) is 0 Å². The predicted molar refractivity (Wildman–Crippen MR) is 244 cm³/mol. The zero-order valence-corrected chi connectivity index (χ0v) is 33.5. The molecular weight excluding hydrogens is 721 g/mol. The summed E-state index contributed by atoms with van der Waals surface area (Å²) < 4.78 is 6.32. The molecule has 0 bridgehead atoms. The molecule has 9 aromatic rings. The summed E-state index contributed by atoms with van der Waals surface area (Å²) >= 11 is 0. The Morgan fingerprint density at radius 3 is 1.86 bits per heavy atom. The van der Waals surface area contributed by atoms with Crippen LogP contribution < -0.4 is 15.2 Å². The smallest absolute Gasteiger partial charge is 0.200 e. The average Bonchev–Trinajstić information content (AvgIpc) is 3.49. The molecule has 0 amide bonds. The topological polar surface area (TPSA) is 36.7 Å². The van der Waals surface area contributed by atoms with Crippen LogP contribution >= 0.6 is 0 Å². The Labute approximate surface area is 344 Å². The molecule has 1 aliphatic heterocycles. The summed E-state index contributed by atoms with van der Waals surface area (Å²) in [6, 6.07) is 64.2. The Kier molecular flexibility index (Phi) is 7.67. The average molecular weight is 763 g/mol. The molecule has 0 saturated heterocycles. The molecule has 4 heteroatoms. The van der Waals surface area contributed by atoms with Gasteiger partial charge in [0.15, 0.2) is 0 Å². The van der Waals surface area contributed by atoms with Crippen molar-refractivity contribution >= 4 is 56.1 Å². The molecule has 11 rings (SSSR count). The normalized spacial score (nSPS) is 14.4. The predicted octanol–water partition coefficient (Wildman–Crippen LogP) is 14.5. The van der Waals surface area contributed by atoms with Gasteiger partial charge in [0.05, 0.1) is 22.1 Å². The molecule has 284 valence electrons. The lowest BCUT2D eigenvalue weighted by Crippen LogP contribution is -2.31. The lowest BCUT2D eigenvalue weighted by atomic mass is 9.71. The van der Waals surface area contributed by atoms with Gasteiger partial charge in [-0.25, -0.2) is 0 Å². The lowest BCUT2D eigenvalue weighted by molar-refractivity contribution is 0.627. The maximum atomic E-state index is 13.4. The molecule has 2 heterocycles. The summed E-state index contributed by atoms with van der Waals surface area (Å²) in [4.78, 5) is 18.3. The zero-order valence-electron chi connectivity index (χ0n) is 33.5.